The Morgan fingerprint density at radius 2 is 2.05 bits per heavy atom. The minimum atomic E-state index is -0.362. The third-order valence-electron chi connectivity index (χ3n) is 3.33. The molecule has 1 fully saturated rings. The van der Waals surface area contributed by atoms with E-state index in [2.05, 4.69) is 6.92 Å². The summed E-state index contributed by atoms with van der Waals surface area (Å²) in [4.78, 5) is 0. The number of rotatable bonds is 4. The lowest BCUT2D eigenvalue weighted by molar-refractivity contribution is 0.169. The summed E-state index contributed by atoms with van der Waals surface area (Å²) in [5.41, 5.74) is 0.938. The molecule has 0 spiro atoms. The Morgan fingerprint density at radius 3 is 2.79 bits per heavy atom. The fourth-order valence-corrected chi connectivity index (χ4v) is 5.89. The van der Waals surface area contributed by atoms with Gasteiger partial charge in [0.2, 0.25) is 0 Å². The molecule has 0 amide bonds. The normalized spacial score (nSPS) is 25.3. The fraction of sp³-hybridized carbons (Fsp3) is 0.571. The molecule has 1 aromatic carbocycles. The molecule has 1 N–H and O–H groups in total. The van der Waals surface area contributed by atoms with Crippen molar-refractivity contribution < 1.29 is 5.11 Å². The molecule has 0 radical (unpaired) electrons. The van der Waals surface area contributed by atoms with Crippen LogP contribution in [0.5, 0.6) is 0 Å². The van der Waals surface area contributed by atoms with E-state index in [-0.39, 0.29) is 6.10 Å². The van der Waals surface area contributed by atoms with E-state index in [0.29, 0.717) is 27.0 Å². The van der Waals surface area contributed by atoms with Crippen LogP contribution in [-0.2, 0) is 6.42 Å². The zero-order valence-corrected chi connectivity index (χ0v) is 14.0. The van der Waals surface area contributed by atoms with E-state index >= 15 is 0 Å². The number of hydrogen-bond donors (Lipinski definition) is 1. The lowest BCUT2D eigenvalue weighted by Crippen LogP contribution is -2.37. The molecule has 1 heterocycles. The molecular weight excluding hydrogens is 319 g/mol. The lowest BCUT2D eigenvalue weighted by atomic mass is 10.0. The fourth-order valence-electron chi connectivity index (χ4n) is 2.34. The van der Waals surface area contributed by atoms with Crippen molar-refractivity contribution >= 4 is 46.7 Å². The number of aliphatic hydroxyl groups is 1. The van der Waals surface area contributed by atoms with Crippen molar-refractivity contribution in [3.8, 4) is 0 Å². The van der Waals surface area contributed by atoms with Crippen LogP contribution in [0.25, 0.3) is 0 Å². The molecule has 1 nitrogen and oxygen atoms in total. The second-order valence-corrected chi connectivity index (χ2v) is 8.06. The zero-order chi connectivity index (χ0) is 13.8. The first-order valence-corrected chi connectivity index (χ1v) is 9.33. The van der Waals surface area contributed by atoms with Gasteiger partial charge in [0.05, 0.1) is 16.1 Å². The Hall–Kier alpha value is 0.460. The molecule has 1 aromatic rings. The van der Waals surface area contributed by atoms with E-state index in [4.69, 9.17) is 23.2 Å². The molecule has 3 atom stereocenters. The van der Waals surface area contributed by atoms with Crippen molar-refractivity contribution in [3.05, 3.63) is 33.8 Å². The monoisotopic (exact) mass is 336 g/mol. The van der Waals surface area contributed by atoms with Gasteiger partial charge in [-0.05, 0) is 18.1 Å². The maximum atomic E-state index is 10.5. The van der Waals surface area contributed by atoms with Crippen molar-refractivity contribution in [2.45, 2.75) is 36.4 Å². The highest BCUT2D eigenvalue weighted by molar-refractivity contribution is 8.07. The van der Waals surface area contributed by atoms with Gasteiger partial charge in [0.15, 0.2) is 0 Å². The Bertz CT molecular complexity index is 428. The highest BCUT2D eigenvalue weighted by Gasteiger charge is 2.31. The number of hydrogen-bond acceptors (Lipinski definition) is 3. The highest BCUT2D eigenvalue weighted by atomic mass is 35.5. The van der Waals surface area contributed by atoms with Crippen LogP contribution in [0.3, 0.4) is 0 Å². The smallest absolute Gasteiger partial charge is 0.0710 e. The average molecular weight is 337 g/mol. The van der Waals surface area contributed by atoms with Crippen molar-refractivity contribution in [1.82, 2.24) is 0 Å². The summed E-state index contributed by atoms with van der Waals surface area (Å²) >= 11 is 16.1. The van der Waals surface area contributed by atoms with Crippen LogP contribution in [-0.4, -0.2) is 33.2 Å². The molecule has 19 heavy (non-hydrogen) atoms. The standard InChI is InChI=1S/C14H18Cl2OS2/c1-2-12-14(19-7-6-18-12)11(17)8-9-4-3-5-10(15)13(9)16/h3-5,11-12,14,17H,2,6-8H2,1H3. The molecule has 1 aliphatic rings. The van der Waals surface area contributed by atoms with E-state index in [1.54, 1.807) is 6.07 Å². The maximum Gasteiger partial charge on any atom is 0.0710 e. The van der Waals surface area contributed by atoms with Gasteiger partial charge in [0.1, 0.15) is 0 Å². The van der Waals surface area contributed by atoms with Crippen molar-refractivity contribution in [2.24, 2.45) is 0 Å². The first-order chi connectivity index (χ1) is 9.13. The third kappa shape index (κ3) is 3.98. The molecule has 0 aliphatic carbocycles. The molecule has 0 saturated carbocycles. The molecular formula is C14H18Cl2OS2. The van der Waals surface area contributed by atoms with E-state index in [0.717, 1.165) is 17.7 Å². The first-order valence-electron chi connectivity index (χ1n) is 6.47. The first kappa shape index (κ1) is 15.8. The Labute approximate surface area is 133 Å². The summed E-state index contributed by atoms with van der Waals surface area (Å²) in [6.07, 6.45) is 1.32. The molecule has 0 aromatic heterocycles. The van der Waals surface area contributed by atoms with E-state index < -0.39 is 0 Å². The van der Waals surface area contributed by atoms with Gasteiger partial charge in [0, 0.05) is 28.4 Å². The minimum absolute atomic E-state index is 0.291. The summed E-state index contributed by atoms with van der Waals surface area (Å²) in [6.45, 7) is 2.19. The number of thioether (sulfide) groups is 2. The number of halogens is 2. The van der Waals surface area contributed by atoms with Crippen LogP contribution in [0.4, 0.5) is 0 Å². The van der Waals surface area contributed by atoms with E-state index in [1.807, 2.05) is 35.7 Å². The molecule has 2 rings (SSSR count). The molecule has 1 aliphatic heterocycles. The van der Waals surface area contributed by atoms with Crippen LogP contribution in [0.1, 0.15) is 18.9 Å². The summed E-state index contributed by atoms with van der Waals surface area (Å²) in [7, 11) is 0. The van der Waals surface area contributed by atoms with Gasteiger partial charge in [-0.2, -0.15) is 23.5 Å². The quantitative estimate of drug-likeness (QED) is 0.872. The molecule has 5 heteroatoms. The molecule has 0 bridgehead atoms. The van der Waals surface area contributed by atoms with Crippen LogP contribution < -0.4 is 0 Å². The second-order valence-electron chi connectivity index (χ2n) is 4.64. The van der Waals surface area contributed by atoms with Crippen LogP contribution in [0.15, 0.2) is 18.2 Å². The van der Waals surface area contributed by atoms with Gasteiger partial charge < -0.3 is 5.11 Å². The second kappa shape index (κ2) is 7.46. The summed E-state index contributed by atoms with van der Waals surface area (Å²) in [5, 5.41) is 12.5. The predicted molar refractivity (Wildman–Crippen MR) is 89.0 cm³/mol. The summed E-state index contributed by atoms with van der Waals surface area (Å²) in [5.74, 6) is 2.30. The highest BCUT2D eigenvalue weighted by Crippen LogP contribution is 2.37. The molecule has 106 valence electrons. The van der Waals surface area contributed by atoms with E-state index in [1.165, 1.54) is 5.75 Å². The SMILES string of the molecule is CCC1SCCSC1C(O)Cc1cccc(Cl)c1Cl. The van der Waals surface area contributed by atoms with Crippen LogP contribution in [0, 0.1) is 0 Å². The van der Waals surface area contributed by atoms with Crippen LogP contribution in [0.2, 0.25) is 10.0 Å². The van der Waals surface area contributed by atoms with Crippen LogP contribution >= 0.6 is 46.7 Å². The largest absolute Gasteiger partial charge is 0.392 e. The summed E-state index contributed by atoms with van der Waals surface area (Å²) < 4.78 is 0. The van der Waals surface area contributed by atoms with Gasteiger partial charge >= 0.3 is 0 Å². The van der Waals surface area contributed by atoms with Gasteiger partial charge in [-0.3, -0.25) is 0 Å². The van der Waals surface area contributed by atoms with Crippen molar-refractivity contribution in [1.29, 1.82) is 0 Å². The molecule has 1 saturated heterocycles. The lowest BCUT2D eigenvalue weighted by Gasteiger charge is -2.33. The van der Waals surface area contributed by atoms with Gasteiger partial charge in [0.25, 0.3) is 0 Å². The Kier molecular flexibility index (Phi) is 6.22. The minimum Gasteiger partial charge on any atom is -0.392 e. The Balaban J connectivity index is 2.07. The number of aliphatic hydroxyl groups excluding tert-OH is 1. The van der Waals surface area contributed by atoms with Crippen molar-refractivity contribution in [3.63, 3.8) is 0 Å². The number of benzene rings is 1. The van der Waals surface area contributed by atoms with Gasteiger partial charge in [-0.1, -0.05) is 42.3 Å². The van der Waals surface area contributed by atoms with E-state index in [9.17, 15) is 5.11 Å². The average Bonchev–Trinajstić information content (AvgIpc) is 2.43. The Morgan fingerprint density at radius 1 is 1.32 bits per heavy atom. The van der Waals surface area contributed by atoms with Crippen molar-refractivity contribution in [2.75, 3.05) is 11.5 Å². The molecule has 3 unspecified atom stereocenters. The zero-order valence-electron chi connectivity index (χ0n) is 10.8. The van der Waals surface area contributed by atoms with Gasteiger partial charge in [-0.15, -0.1) is 0 Å². The topological polar surface area (TPSA) is 20.2 Å². The predicted octanol–water partition coefficient (Wildman–Crippen LogP) is 4.52. The summed E-state index contributed by atoms with van der Waals surface area (Å²) in [6, 6.07) is 5.61. The third-order valence-corrected chi connectivity index (χ3v) is 7.58. The maximum absolute atomic E-state index is 10.5. The van der Waals surface area contributed by atoms with Gasteiger partial charge in [-0.25, -0.2) is 0 Å².